The molecule has 0 bridgehead atoms. The number of rotatable bonds is 0. The van der Waals surface area contributed by atoms with Crippen molar-refractivity contribution in [2.45, 2.75) is 6.92 Å². The molecule has 0 saturated carbocycles. The van der Waals surface area contributed by atoms with Crippen LogP contribution in [0.3, 0.4) is 0 Å². The fourth-order valence-electron chi connectivity index (χ4n) is 2.92. The van der Waals surface area contributed by atoms with Crippen molar-refractivity contribution in [3.63, 3.8) is 0 Å². The van der Waals surface area contributed by atoms with Crippen LogP contribution in [0.15, 0.2) is 78.9 Å². The van der Waals surface area contributed by atoms with E-state index in [9.17, 15) is 0 Å². The molecule has 4 aromatic rings. The molecule has 0 nitrogen and oxygen atoms in total. The molecule has 0 aromatic heterocycles. The minimum absolute atomic E-state index is 1.05. The van der Waals surface area contributed by atoms with Crippen molar-refractivity contribution < 1.29 is 0 Å². The average Bonchev–Trinajstić information content (AvgIpc) is 2.60. The van der Waals surface area contributed by atoms with Crippen LogP contribution in [0.25, 0.3) is 21.5 Å². The maximum Gasteiger partial charge on any atom is 0.0405 e. The van der Waals surface area contributed by atoms with Gasteiger partial charge in [-0.05, 0) is 46.7 Å². The first kappa shape index (κ1) is 13.6. The maximum absolute atomic E-state index is 3.42. The van der Waals surface area contributed by atoms with Gasteiger partial charge in [-0.15, -0.1) is 0 Å². The van der Waals surface area contributed by atoms with Gasteiger partial charge < -0.3 is 0 Å². The summed E-state index contributed by atoms with van der Waals surface area (Å²) in [5, 5.41) is 4.90. The number of hydrogen-bond donors (Lipinski definition) is 0. The van der Waals surface area contributed by atoms with Crippen LogP contribution in [-0.4, -0.2) is 0 Å². The van der Waals surface area contributed by atoms with Crippen LogP contribution in [0.1, 0.15) is 16.7 Å². The maximum atomic E-state index is 3.42. The van der Waals surface area contributed by atoms with Gasteiger partial charge in [-0.1, -0.05) is 78.1 Å². The highest BCUT2D eigenvalue weighted by Gasteiger charge is 2.04. The molecule has 4 aromatic carbocycles. The molecule has 0 unspecified atom stereocenters. The Hall–Kier alpha value is -3.04. The Morgan fingerprint density at radius 3 is 1.78 bits per heavy atom. The molecule has 0 aliphatic heterocycles. The summed E-state index contributed by atoms with van der Waals surface area (Å²) >= 11 is 0. The summed E-state index contributed by atoms with van der Waals surface area (Å²) in [5.41, 5.74) is 3.41. The molecule has 108 valence electrons. The first-order valence-corrected chi connectivity index (χ1v) is 7.80. The van der Waals surface area contributed by atoms with E-state index in [1.54, 1.807) is 0 Å². The molecular formula is C23H16. The lowest BCUT2D eigenvalue weighted by molar-refractivity contribution is 1.46. The third-order valence-electron chi connectivity index (χ3n) is 4.15. The van der Waals surface area contributed by atoms with Gasteiger partial charge in [-0.25, -0.2) is 0 Å². The van der Waals surface area contributed by atoms with Crippen molar-refractivity contribution in [3.8, 4) is 11.8 Å². The van der Waals surface area contributed by atoms with Crippen molar-refractivity contribution >= 4 is 21.5 Å². The fourth-order valence-corrected chi connectivity index (χ4v) is 2.92. The van der Waals surface area contributed by atoms with Crippen LogP contribution >= 0.6 is 0 Å². The lowest BCUT2D eigenvalue weighted by Gasteiger charge is -2.06. The van der Waals surface area contributed by atoms with Crippen LogP contribution in [0.4, 0.5) is 0 Å². The third kappa shape index (κ3) is 2.58. The van der Waals surface area contributed by atoms with E-state index < -0.39 is 0 Å². The summed E-state index contributed by atoms with van der Waals surface area (Å²) in [6.07, 6.45) is 0. The van der Waals surface area contributed by atoms with Crippen LogP contribution in [0, 0.1) is 18.8 Å². The molecule has 0 saturated heterocycles. The van der Waals surface area contributed by atoms with E-state index in [4.69, 9.17) is 0 Å². The molecule has 0 radical (unpaired) electrons. The number of benzene rings is 4. The fraction of sp³-hybridized carbons (Fsp3) is 0.0435. The van der Waals surface area contributed by atoms with Crippen molar-refractivity contribution in [3.05, 3.63) is 95.6 Å². The standard InChI is InChI=1S/C23H16/c1-17-10-12-18(13-11-17)14-15-23-21-8-4-2-6-19(21)16-20-7-3-5-9-22(20)23/h2-13,16H,1H3. The molecule has 0 spiro atoms. The predicted octanol–water partition coefficient (Wildman–Crippen LogP) is 5.70. The summed E-state index contributed by atoms with van der Waals surface area (Å²) < 4.78 is 0. The van der Waals surface area contributed by atoms with E-state index in [1.165, 1.54) is 27.1 Å². The Labute approximate surface area is 136 Å². The SMILES string of the molecule is Cc1ccc(C#Cc2c3ccccc3cc3ccccc23)cc1. The first-order valence-electron chi connectivity index (χ1n) is 7.80. The quantitative estimate of drug-likeness (QED) is 0.288. The highest BCUT2D eigenvalue weighted by Crippen LogP contribution is 2.27. The molecule has 0 atom stereocenters. The summed E-state index contributed by atoms with van der Waals surface area (Å²) in [6.45, 7) is 2.09. The van der Waals surface area contributed by atoms with Gasteiger partial charge in [0.25, 0.3) is 0 Å². The van der Waals surface area contributed by atoms with E-state index in [0.717, 1.165) is 11.1 Å². The zero-order chi connectivity index (χ0) is 15.6. The average molecular weight is 292 g/mol. The molecule has 0 fully saturated rings. The van der Waals surface area contributed by atoms with E-state index >= 15 is 0 Å². The molecule has 23 heavy (non-hydrogen) atoms. The van der Waals surface area contributed by atoms with Gasteiger partial charge in [-0.3, -0.25) is 0 Å². The lowest BCUT2D eigenvalue weighted by Crippen LogP contribution is -1.85. The third-order valence-corrected chi connectivity index (χ3v) is 4.15. The van der Waals surface area contributed by atoms with Crippen molar-refractivity contribution in [2.24, 2.45) is 0 Å². The van der Waals surface area contributed by atoms with Crippen LogP contribution < -0.4 is 0 Å². The molecule has 0 amide bonds. The zero-order valence-corrected chi connectivity index (χ0v) is 13.0. The van der Waals surface area contributed by atoms with E-state index in [-0.39, 0.29) is 0 Å². The molecule has 4 rings (SSSR count). The zero-order valence-electron chi connectivity index (χ0n) is 13.0. The van der Waals surface area contributed by atoms with Crippen molar-refractivity contribution in [1.82, 2.24) is 0 Å². The van der Waals surface area contributed by atoms with Gasteiger partial charge in [0.2, 0.25) is 0 Å². The highest BCUT2D eigenvalue weighted by molar-refractivity contribution is 6.04. The number of hydrogen-bond acceptors (Lipinski definition) is 0. The largest absolute Gasteiger partial charge is 0.0616 e. The van der Waals surface area contributed by atoms with E-state index in [2.05, 4.69) is 97.6 Å². The van der Waals surface area contributed by atoms with Gasteiger partial charge in [0.05, 0.1) is 0 Å². The number of aryl methyl sites for hydroxylation is 1. The molecule has 0 aliphatic carbocycles. The van der Waals surface area contributed by atoms with E-state index in [1.807, 2.05) is 0 Å². The van der Waals surface area contributed by atoms with Crippen molar-refractivity contribution in [1.29, 1.82) is 0 Å². The van der Waals surface area contributed by atoms with Crippen LogP contribution in [-0.2, 0) is 0 Å². The van der Waals surface area contributed by atoms with Gasteiger partial charge >= 0.3 is 0 Å². The van der Waals surface area contributed by atoms with Gasteiger partial charge in [0.1, 0.15) is 0 Å². The topological polar surface area (TPSA) is 0 Å². The van der Waals surface area contributed by atoms with Crippen LogP contribution in [0.5, 0.6) is 0 Å². The normalized spacial score (nSPS) is 10.5. The second kappa shape index (κ2) is 5.63. The highest BCUT2D eigenvalue weighted by atomic mass is 14.1. The van der Waals surface area contributed by atoms with Crippen LogP contribution in [0.2, 0.25) is 0 Å². The minimum atomic E-state index is 1.05. The monoisotopic (exact) mass is 292 g/mol. The summed E-state index contributed by atoms with van der Waals surface area (Å²) in [5.74, 6) is 6.74. The van der Waals surface area contributed by atoms with Crippen molar-refractivity contribution in [2.75, 3.05) is 0 Å². The Bertz CT molecular complexity index is 1000. The van der Waals surface area contributed by atoms with Gasteiger partial charge in [0, 0.05) is 11.1 Å². The Morgan fingerprint density at radius 1 is 0.609 bits per heavy atom. The molecule has 0 N–H and O–H groups in total. The lowest BCUT2D eigenvalue weighted by atomic mass is 9.97. The molecule has 0 aliphatic rings. The Kier molecular flexibility index (Phi) is 3.33. The predicted molar refractivity (Wildman–Crippen MR) is 98.6 cm³/mol. The second-order valence-electron chi connectivity index (χ2n) is 5.81. The summed E-state index contributed by atoms with van der Waals surface area (Å²) in [7, 11) is 0. The minimum Gasteiger partial charge on any atom is -0.0616 e. The smallest absolute Gasteiger partial charge is 0.0405 e. The molecular weight excluding hydrogens is 276 g/mol. The Balaban J connectivity index is 1.98. The first-order chi connectivity index (χ1) is 11.3. The van der Waals surface area contributed by atoms with Gasteiger partial charge in [-0.2, -0.15) is 0 Å². The second-order valence-corrected chi connectivity index (χ2v) is 5.81. The molecule has 0 heterocycles. The van der Waals surface area contributed by atoms with Gasteiger partial charge in [0.15, 0.2) is 0 Å². The Morgan fingerprint density at radius 2 is 1.17 bits per heavy atom. The van der Waals surface area contributed by atoms with E-state index in [0.29, 0.717) is 0 Å². The summed E-state index contributed by atoms with van der Waals surface area (Å²) in [6, 6.07) is 27.5. The molecule has 0 heteroatoms. The number of fused-ring (bicyclic) bond motifs is 2. The summed E-state index contributed by atoms with van der Waals surface area (Å²) in [4.78, 5) is 0.